The summed E-state index contributed by atoms with van der Waals surface area (Å²) in [7, 11) is 1.40. The van der Waals surface area contributed by atoms with E-state index in [0.29, 0.717) is 0 Å². The third-order valence-corrected chi connectivity index (χ3v) is 1.65. The molecule has 0 aliphatic heterocycles. The van der Waals surface area contributed by atoms with E-state index in [1.54, 1.807) is 0 Å². The number of ether oxygens (including phenoxy) is 3. The molecule has 0 aliphatic rings. The predicted molar refractivity (Wildman–Crippen MR) is 57.8 cm³/mol. The van der Waals surface area contributed by atoms with Gasteiger partial charge >= 0.3 is 18.0 Å². The lowest BCUT2D eigenvalue weighted by Gasteiger charge is -2.06. The van der Waals surface area contributed by atoms with Crippen LogP contribution in [0.4, 0.5) is 0 Å². The van der Waals surface area contributed by atoms with Crippen molar-refractivity contribution >= 4 is 0 Å². The Labute approximate surface area is 104 Å². The molecule has 0 fully saturated rings. The summed E-state index contributed by atoms with van der Waals surface area (Å²) in [5.41, 5.74) is 0. The zero-order chi connectivity index (χ0) is 13.2. The Morgan fingerprint density at radius 1 is 0.889 bits per heavy atom. The number of hydrogen-bond donors (Lipinski definition) is 0. The van der Waals surface area contributed by atoms with E-state index in [1.807, 2.05) is 12.1 Å². The number of hydrogen-bond acceptors (Lipinski definition) is 8. The van der Waals surface area contributed by atoms with Crippen LogP contribution in [0.2, 0.25) is 0 Å². The van der Waals surface area contributed by atoms with Crippen LogP contribution in [0, 0.1) is 22.7 Å². The van der Waals surface area contributed by atoms with E-state index in [4.69, 9.17) is 24.7 Å². The molecule has 0 N–H and O–H groups in total. The summed E-state index contributed by atoms with van der Waals surface area (Å²) < 4.78 is 15.1. The average molecular weight is 249 g/mol. The smallest absolute Gasteiger partial charge is 0.325 e. The summed E-state index contributed by atoms with van der Waals surface area (Å²) in [5, 5.41) is 16.8. The minimum absolute atomic E-state index is 0.0176. The summed E-state index contributed by atoms with van der Waals surface area (Å²) in [4.78, 5) is 11.5. The van der Waals surface area contributed by atoms with Crippen molar-refractivity contribution in [1.29, 1.82) is 10.5 Å². The zero-order valence-electron chi connectivity index (χ0n) is 9.79. The Bertz CT molecular complexity index is 427. The first-order valence-electron chi connectivity index (χ1n) is 5.09. The molecule has 0 bridgehead atoms. The second-order valence-electron chi connectivity index (χ2n) is 2.90. The van der Waals surface area contributed by atoms with Gasteiger partial charge in [0.1, 0.15) is 13.2 Å². The molecular formula is C10H11N5O3. The number of nitrogens with zero attached hydrogens (tertiary/aromatic N) is 5. The fraction of sp³-hybridized carbons (Fsp3) is 0.500. The molecule has 0 unspecified atom stereocenters. The second-order valence-corrected chi connectivity index (χ2v) is 2.90. The summed E-state index contributed by atoms with van der Waals surface area (Å²) in [6.07, 6.45) is 0.442. The van der Waals surface area contributed by atoms with E-state index >= 15 is 0 Å². The minimum Gasteiger partial charge on any atom is -0.467 e. The average Bonchev–Trinajstić information content (AvgIpc) is 2.39. The Balaban J connectivity index is 2.69. The van der Waals surface area contributed by atoms with Gasteiger partial charge in [-0.15, -0.1) is 15.0 Å². The molecule has 1 heterocycles. The van der Waals surface area contributed by atoms with Crippen molar-refractivity contribution in [3.05, 3.63) is 0 Å². The molecule has 1 aromatic heterocycles. The molecule has 8 nitrogen and oxygen atoms in total. The van der Waals surface area contributed by atoms with Crippen molar-refractivity contribution in [1.82, 2.24) is 15.0 Å². The fourth-order valence-electron chi connectivity index (χ4n) is 0.917. The van der Waals surface area contributed by atoms with Crippen LogP contribution in [0.5, 0.6) is 18.0 Å². The van der Waals surface area contributed by atoms with E-state index in [0.717, 1.165) is 0 Å². The molecule has 0 amide bonds. The van der Waals surface area contributed by atoms with E-state index in [2.05, 4.69) is 15.0 Å². The molecule has 8 heteroatoms. The van der Waals surface area contributed by atoms with Gasteiger partial charge < -0.3 is 14.2 Å². The third kappa shape index (κ3) is 4.49. The largest absolute Gasteiger partial charge is 0.467 e. The topological polar surface area (TPSA) is 114 Å². The van der Waals surface area contributed by atoms with Gasteiger partial charge in [-0.2, -0.15) is 10.5 Å². The normalized spacial score (nSPS) is 9.06. The molecule has 0 aliphatic carbocycles. The van der Waals surface area contributed by atoms with Gasteiger partial charge in [-0.3, -0.25) is 0 Å². The number of nitriles is 2. The number of methoxy groups -OCH3 is 1. The first-order chi connectivity index (χ1) is 8.80. The van der Waals surface area contributed by atoms with Gasteiger partial charge in [0.2, 0.25) is 0 Å². The van der Waals surface area contributed by atoms with Crippen molar-refractivity contribution in [2.45, 2.75) is 12.8 Å². The van der Waals surface area contributed by atoms with Gasteiger partial charge in [-0.05, 0) is 0 Å². The molecule has 0 spiro atoms. The summed E-state index contributed by atoms with van der Waals surface area (Å²) in [6.45, 7) is 0.336. The lowest BCUT2D eigenvalue weighted by atomic mass is 10.5. The maximum atomic E-state index is 8.38. The highest BCUT2D eigenvalue weighted by Crippen LogP contribution is 2.14. The highest BCUT2D eigenvalue weighted by Gasteiger charge is 2.08. The van der Waals surface area contributed by atoms with Gasteiger partial charge in [-0.25, -0.2) is 0 Å². The molecule has 0 aromatic carbocycles. The van der Waals surface area contributed by atoms with Gasteiger partial charge in [0.05, 0.1) is 32.1 Å². The molecule has 0 saturated heterocycles. The summed E-state index contributed by atoms with van der Waals surface area (Å²) in [5.74, 6) is 0. The molecule has 18 heavy (non-hydrogen) atoms. The van der Waals surface area contributed by atoms with Crippen molar-refractivity contribution in [2.24, 2.45) is 0 Å². The van der Waals surface area contributed by atoms with Crippen LogP contribution in [0.15, 0.2) is 0 Å². The molecule has 0 radical (unpaired) electrons. The number of rotatable bonds is 7. The second kappa shape index (κ2) is 7.63. The van der Waals surface area contributed by atoms with Crippen LogP contribution in [-0.2, 0) is 0 Å². The maximum absolute atomic E-state index is 8.38. The van der Waals surface area contributed by atoms with Crippen molar-refractivity contribution in [3.63, 3.8) is 0 Å². The predicted octanol–water partition coefficient (Wildman–Crippen LogP) is 0.465. The van der Waals surface area contributed by atoms with Crippen LogP contribution < -0.4 is 14.2 Å². The standard InChI is InChI=1S/C10H11N5O3/c1-16-8-13-9(17-6-2-4-11)15-10(14-8)18-7-3-5-12/h2-3,6-7H2,1H3. The molecule has 1 rings (SSSR count). The van der Waals surface area contributed by atoms with Crippen molar-refractivity contribution < 1.29 is 14.2 Å². The Hall–Kier alpha value is -2.61. The molecular weight excluding hydrogens is 238 g/mol. The fourth-order valence-corrected chi connectivity index (χ4v) is 0.917. The first-order valence-corrected chi connectivity index (χ1v) is 5.09. The lowest BCUT2D eigenvalue weighted by Crippen LogP contribution is -2.07. The molecule has 0 saturated carbocycles. The van der Waals surface area contributed by atoms with Crippen LogP contribution >= 0.6 is 0 Å². The first kappa shape index (κ1) is 13.5. The number of aromatic nitrogens is 3. The van der Waals surface area contributed by atoms with Crippen LogP contribution in [0.25, 0.3) is 0 Å². The Morgan fingerprint density at radius 3 is 1.72 bits per heavy atom. The van der Waals surface area contributed by atoms with Gasteiger partial charge in [0.25, 0.3) is 0 Å². The van der Waals surface area contributed by atoms with E-state index in [-0.39, 0.29) is 44.1 Å². The Kier molecular flexibility index (Phi) is 5.70. The van der Waals surface area contributed by atoms with E-state index in [9.17, 15) is 0 Å². The maximum Gasteiger partial charge on any atom is 0.325 e. The highest BCUT2D eigenvalue weighted by atomic mass is 16.5. The molecule has 1 aromatic rings. The quantitative estimate of drug-likeness (QED) is 0.640. The SMILES string of the molecule is COc1nc(OCCC#N)nc(OCCC#N)n1. The third-order valence-electron chi connectivity index (χ3n) is 1.65. The monoisotopic (exact) mass is 249 g/mol. The zero-order valence-corrected chi connectivity index (χ0v) is 9.79. The van der Waals surface area contributed by atoms with Gasteiger partial charge in [0, 0.05) is 0 Å². The molecule has 94 valence electrons. The minimum atomic E-state index is 0.0176. The van der Waals surface area contributed by atoms with Crippen molar-refractivity contribution in [3.8, 4) is 30.2 Å². The lowest BCUT2D eigenvalue weighted by molar-refractivity contribution is 0.254. The van der Waals surface area contributed by atoms with Crippen LogP contribution in [0.1, 0.15) is 12.8 Å². The van der Waals surface area contributed by atoms with E-state index in [1.165, 1.54) is 7.11 Å². The molecule has 0 atom stereocenters. The van der Waals surface area contributed by atoms with Crippen molar-refractivity contribution in [2.75, 3.05) is 20.3 Å². The van der Waals surface area contributed by atoms with Gasteiger partial charge in [-0.1, -0.05) is 0 Å². The summed E-state index contributed by atoms with van der Waals surface area (Å²) >= 11 is 0. The van der Waals surface area contributed by atoms with Gasteiger partial charge in [0.15, 0.2) is 0 Å². The van der Waals surface area contributed by atoms with Crippen LogP contribution in [-0.4, -0.2) is 35.3 Å². The van der Waals surface area contributed by atoms with E-state index < -0.39 is 0 Å². The Morgan fingerprint density at radius 2 is 1.33 bits per heavy atom. The highest BCUT2D eigenvalue weighted by molar-refractivity contribution is 5.08. The van der Waals surface area contributed by atoms with Crippen LogP contribution in [0.3, 0.4) is 0 Å². The summed E-state index contributed by atoms with van der Waals surface area (Å²) in [6, 6.07) is 3.94.